The van der Waals surface area contributed by atoms with Crippen LogP contribution in [0.15, 0.2) is 30.5 Å². The summed E-state index contributed by atoms with van der Waals surface area (Å²) in [5.74, 6) is -0.477. The van der Waals surface area contributed by atoms with Crippen LogP contribution in [0.3, 0.4) is 0 Å². The number of aromatic nitrogens is 1. The van der Waals surface area contributed by atoms with Crippen LogP contribution in [-0.4, -0.2) is 41.1 Å². The molecule has 7 nitrogen and oxygen atoms in total. The molecule has 0 radical (unpaired) electrons. The number of amides is 2. The van der Waals surface area contributed by atoms with E-state index in [-0.39, 0.29) is 24.2 Å². The molecule has 0 aliphatic carbocycles. The van der Waals surface area contributed by atoms with Gasteiger partial charge in [0.25, 0.3) is 5.91 Å². The SMILES string of the molecule is CC(C)C[C@@](C)(COc1ccc(-c2ccnc3c2C(=O)N(C)C3)cc1F)OC(N)=O. The summed E-state index contributed by atoms with van der Waals surface area (Å²) in [6, 6.07) is 6.21. The van der Waals surface area contributed by atoms with Gasteiger partial charge in [0.05, 0.1) is 17.8 Å². The van der Waals surface area contributed by atoms with E-state index < -0.39 is 17.5 Å². The van der Waals surface area contributed by atoms with Gasteiger partial charge >= 0.3 is 6.09 Å². The maximum absolute atomic E-state index is 14.8. The molecule has 2 amide bonds. The van der Waals surface area contributed by atoms with E-state index in [4.69, 9.17) is 15.2 Å². The zero-order chi connectivity index (χ0) is 22.1. The number of hydrogen-bond acceptors (Lipinski definition) is 5. The molecule has 2 heterocycles. The van der Waals surface area contributed by atoms with Gasteiger partial charge in [-0.3, -0.25) is 9.78 Å². The lowest BCUT2D eigenvalue weighted by Crippen LogP contribution is -2.41. The van der Waals surface area contributed by atoms with Crippen molar-refractivity contribution in [2.75, 3.05) is 13.7 Å². The van der Waals surface area contributed by atoms with Crippen molar-refractivity contribution in [1.82, 2.24) is 9.88 Å². The maximum Gasteiger partial charge on any atom is 0.405 e. The Labute approximate surface area is 175 Å². The minimum absolute atomic E-state index is 0.0240. The minimum Gasteiger partial charge on any atom is -0.486 e. The largest absolute Gasteiger partial charge is 0.486 e. The second-order valence-corrected chi connectivity index (χ2v) is 8.24. The van der Waals surface area contributed by atoms with Crippen molar-refractivity contribution < 1.29 is 23.5 Å². The number of nitrogens with two attached hydrogens (primary N) is 1. The highest BCUT2D eigenvalue weighted by Crippen LogP contribution is 2.33. The molecule has 1 aromatic carbocycles. The van der Waals surface area contributed by atoms with Crippen LogP contribution in [0.25, 0.3) is 11.1 Å². The molecule has 2 aromatic rings. The number of hydrogen-bond donors (Lipinski definition) is 1. The lowest BCUT2D eigenvalue weighted by atomic mass is 9.95. The highest BCUT2D eigenvalue weighted by atomic mass is 19.1. The lowest BCUT2D eigenvalue weighted by Gasteiger charge is -2.30. The Morgan fingerprint density at radius 2 is 2.10 bits per heavy atom. The van der Waals surface area contributed by atoms with E-state index in [1.54, 1.807) is 37.2 Å². The molecule has 8 heteroatoms. The van der Waals surface area contributed by atoms with Crippen LogP contribution in [0.5, 0.6) is 5.75 Å². The Bertz CT molecular complexity index is 979. The zero-order valence-electron chi connectivity index (χ0n) is 17.6. The number of pyridine rings is 1. The van der Waals surface area contributed by atoms with Gasteiger partial charge in [-0.15, -0.1) is 0 Å². The van der Waals surface area contributed by atoms with Gasteiger partial charge in [-0.05, 0) is 48.6 Å². The molecule has 3 rings (SSSR count). The summed E-state index contributed by atoms with van der Waals surface area (Å²) >= 11 is 0. The number of carbonyl (C=O) groups excluding carboxylic acids is 2. The standard InChI is InChI=1S/C22H26FN3O4/c1-13(2)10-22(3,30-21(24)28)12-29-18-6-5-14(9-16(18)23)15-7-8-25-17-11-26(4)20(27)19(15)17/h5-9,13H,10-12H2,1-4H3,(H2,24,28)/t22-/m0/s1. The molecule has 0 saturated carbocycles. The van der Waals surface area contributed by atoms with E-state index in [2.05, 4.69) is 4.98 Å². The van der Waals surface area contributed by atoms with Crippen molar-refractivity contribution in [3.05, 3.63) is 47.5 Å². The van der Waals surface area contributed by atoms with Crippen LogP contribution in [0.4, 0.5) is 9.18 Å². The summed E-state index contributed by atoms with van der Waals surface area (Å²) in [5.41, 5.74) is 6.55. The molecular weight excluding hydrogens is 389 g/mol. The number of nitrogens with zero attached hydrogens (tertiary/aromatic N) is 2. The fraction of sp³-hybridized carbons (Fsp3) is 0.409. The third-order valence-electron chi connectivity index (χ3n) is 4.94. The predicted octanol–water partition coefficient (Wildman–Crippen LogP) is 3.75. The Kier molecular flexibility index (Phi) is 5.96. The van der Waals surface area contributed by atoms with E-state index in [1.807, 2.05) is 13.8 Å². The molecule has 0 fully saturated rings. The van der Waals surface area contributed by atoms with Crippen LogP contribution in [0.1, 0.15) is 43.2 Å². The summed E-state index contributed by atoms with van der Waals surface area (Å²) in [4.78, 5) is 29.5. The molecule has 0 unspecified atom stereocenters. The fourth-order valence-electron chi connectivity index (χ4n) is 3.84. The van der Waals surface area contributed by atoms with Gasteiger partial charge < -0.3 is 20.1 Å². The van der Waals surface area contributed by atoms with Gasteiger partial charge in [0.2, 0.25) is 0 Å². The smallest absolute Gasteiger partial charge is 0.405 e. The number of rotatable bonds is 7. The number of primary amides is 1. The second kappa shape index (κ2) is 8.30. The monoisotopic (exact) mass is 415 g/mol. The maximum atomic E-state index is 14.8. The van der Waals surface area contributed by atoms with Crippen molar-refractivity contribution in [2.24, 2.45) is 11.7 Å². The first-order valence-corrected chi connectivity index (χ1v) is 9.74. The average molecular weight is 415 g/mol. The molecule has 0 spiro atoms. The van der Waals surface area contributed by atoms with Crippen LogP contribution in [-0.2, 0) is 11.3 Å². The molecule has 0 saturated heterocycles. The van der Waals surface area contributed by atoms with Gasteiger partial charge in [-0.1, -0.05) is 19.9 Å². The van der Waals surface area contributed by atoms with Crippen LogP contribution < -0.4 is 10.5 Å². The van der Waals surface area contributed by atoms with E-state index in [1.165, 1.54) is 12.1 Å². The Hall–Kier alpha value is -3.16. The number of ether oxygens (including phenoxy) is 2. The first-order chi connectivity index (χ1) is 14.1. The molecule has 0 bridgehead atoms. The fourth-order valence-corrected chi connectivity index (χ4v) is 3.84. The van der Waals surface area contributed by atoms with Crippen molar-refractivity contribution in [3.8, 4) is 16.9 Å². The lowest BCUT2D eigenvalue weighted by molar-refractivity contribution is -0.0193. The zero-order valence-corrected chi connectivity index (χ0v) is 17.6. The van der Waals surface area contributed by atoms with E-state index in [0.29, 0.717) is 35.3 Å². The van der Waals surface area contributed by atoms with E-state index in [9.17, 15) is 14.0 Å². The van der Waals surface area contributed by atoms with E-state index in [0.717, 1.165) is 0 Å². The molecule has 1 aliphatic heterocycles. The Balaban J connectivity index is 1.83. The number of benzene rings is 1. The second-order valence-electron chi connectivity index (χ2n) is 8.24. The molecule has 1 aliphatic rings. The highest BCUT2D eigenvalue weighted by molar-refractivity contribution is 6.03. The van der Waals surface area contributed by atoms with Gasteiger partial charge in [-0.2, -0.15) is 0 Å². The van der Waals surface area contributed by atoms with Crippen LogP contribution >= 0.6 is 0 Å². The third kappa shape index (κ3) is 4.53. The van der Waals surface area contributed by atoms with Crippen LogP contribution in [0, 0.1) is 11.7 Å². The Morgan fingerprint density at radius 3 is 2.73 bits per heavy atom. The molecule has 1 aromatic heterocycles. The highest BCUT2D eigenvalue weighted by Gasteiger charge is 2.31. The quantitative estimate of drug-likeness (QED) is 0.743. The summed E-state index contributed by atoms with van der Waals surface area (Å²) in [6.45, 7) is 6.04. The first-order valence-electron chi connectivity index (χ1n) is 9.74. The van der Waals surface area contributed by atoms with Crippen molar-refractivity contribution in [3.63, 3.8) is 0 Å². The van der Waals surface area contributed by atoms with Gasteiger partial charge in [0.1, 0.15) is 12.2 Å². The van der Waals surface area contributed by atoms with Gasteiger partial charge in [0, 0.05) is 13.2 Å². The summed E-state index contributed by atoms with van der Waals surface area (Å²) in [5, 5.41) is 0. The normalized spacial score (nSPS) is 15.1. The van der Waals surface area contributed by atoms with Crippen molar-refractivity contribution in [2.45, 2.75) is 39.3 Å². The Morgan fingerprint density at radius 1 is 1.37 bits per heavy atom. The number of halogens is 1. The molecule has 2 N–H and O–H groups in total. The number of fused-ring (bicyclic) bond motifs is 1. The summed E-state index contributed by atoms with van der Waals surface area (Å²) in [6.07, 6.45) is 1.22. The van der Waals surface area contributed by atoms with Crippen molar-refractivity contribution in [1.29, 1.82) is 0 Å². The first kappa shape index (κ1) is 21.5. The summed E-state index contributed by atoms with van der Waals surface area (Å²) < 4.78 is 25.6. The number of carbonyl (C=O) groups is 2. The molecule has 160 valence electrons. The van der Waals surface area contributed by atoms with Crippen LogP contribution in [0.2, 0.25) is 0 Å². The molecular formula is C22H26FN3O4. The minimum atomic E-state index is -0.978. The third-order valence-corrected chi connectivity index (χ3v) is 4.94. The van der Waals surface area contributed by atoms with Crippen molar-refractivity contribution >= 4 is 12.0 Å². The average Bonchev–Trinajstić information content (AvgIpc) is 2.93. The van der Waals surface area contributed by atoms with E-state index >= 15 is 0 Å². The van der Waals surface area contributed by atoms with Gasteiger partial charge in [0.15, 0.2) is 11.6 Å². The topological polar surface area (TPSA) is 94.8 Å². The predicted molar refractivity (Wildman–Crippen MR) is 109 cm³/mol. The summed E-state index contributed by atoms with van der Waals surface area (Å²) in [7, 11) is 1.70. The molecule has 30 heavy (non-hydrogen) atoms. The van der Waals surface area contributed by atoms with Gasteiger partial charge in [-0.25, -0.2) is 9.18 Å². The molecule has 1 atom stereocenters.